The molecule has 2 aliphatic heterocycles. The Balaban J connectivity index is 1.64. The minimum atomic E-state index is -0.475. The normalized spacial score (nSPS) is 21.1. The molecule has 2 atom stereocenters. The lowest BCUT2D eigenvalue weighted by Gasteiger charge is -2.38. The second kappa shape index (κ2) is 7.56. The molecule has 1 saturated heterocycles. The molecule has 3 heterocycles. The zero-order chi connectivity index (χ0) is 20.7. The third kappa shape index (κ3) is 3.62. The largest absolute Gasteiger partial charge is 0.369 e. The number of likely N-dealkylation sites (tertiary alicyclic amines) is 1. The zero-order valence-electron chi connectivity index (χ0n) is 15.7. The van der Waals surface area contributed by atoms with E-state index in [1.54, 1.807) is 19.1 Å². The molecule has 0 spiro atoms. The van der Waals surface area contributed by atoms with E-state index in [9.17, 15) is 19.7 Å². The van der Waals surface area contributed by atoms with Gasteiger partial charge in [-0.1, -0.05) is 23.9 Å². The summed E-state index contributed by atoms with van der Waals surface area (Å²) in [5.74, 6) is -0.0995. The van der Waals surface area contributed by atoms with Crippen molar-refractivity contribution in [1.29, 1.82) is 0 Å². The molecule has 0 saturated carbocycles. The number of nitro benzene ring substituents is 1. The van der Waals surface area contributed by atoms with Gasteiger partial charge in [-0.25, -0.2) is 4.98 Å². The molecule has 2 unspecified atom stereocenters. The van der Waals surface area contributed by atoms with Gasteiger partial charge in [0.25, 0.3) is 11.6 Å². The van der Waals surface area contributed by atoms with Crippen molar-refractivity contribution in [2.45, 2.75) is 36.2 Å². The van der Waals surface area contributed by atoms with Gasteiger partial charge in [-0.15, -0.1) is 5.10 Å². The molecule has 152 valence electrons. The first-order valence-electron chi connectivity index (χ1n) is 9.27. The van der Waals surface area contributed by atoms with E-state index in [1.165, 1.54) is 28.6 Å². The van der Waals surface area contributed by atoms with Crippen molar-refractivity contribution in [3.05, 3.63) is 45.8 Å². The van der Waals surface area contributed by atoms with Crippen molar-refractivity contribution >= 4 is 29.3 Å². The second-order valence-electron chi connectivity index (χ2n) is 7.24. The van der Waals surface area contributed by atoms with Gasteiger partial charge in [-0.2, -0.15) is 4.68 Å². The molecule has 4 rings (SSSR count). The molecule has 1 amide bonds. The number of aryl methyl sites for hydroxylation is 1. The number of nitrogens with two attached hydrogens (primary N) is 1. The van der Waals surface area contributed by atoms with Gasteiger partial charge in [-0.05, 0) is 38.4 Å². The molecule has 1 fully saturated rings. The highest BCUT2D eigenvalue weighted by Crippen LogP contribution is 2.42. The molecule has 11 heteroatoms. The van der Waals surface area contributed by atoms with Gasteiger partial charge in [0.2, 0.25) is 5.91 Å². The summed E-state index contributed by atoms with van der Waals surface area (Å²) in [6.45, 7) is 2.94. The third-order valence-electron chi connectivity index (χ3n) is 5.43. The first kappa shape index (κ1) is 19.5. The van der Waals surface area contributed by atoms with Crippen LogP contribution in [0.3, 0.4) is 0 Å². The molecule has 2 aliphatic rings. The summed E-state index contributed by atoms with van der Waals surface area (Å²) in [7, 11) is 0. The van der Waals surface area contributed by atoms with Crippen molar-refractivity contribution < 1.29 is 14.5 Å². The topological polar surface area (TPSA) is 137 Å². The van der Waals surface area contributed by atoms with Crippen LogP contribution in [0.4, 0.5) is 5.69 Å². The van der Waals surface area contributed by atoms with Crippen LogP contribution < -0.4 is 5.73 Å². The highest BCUT2D eigenvalue weighted by Gasteiger charge is 2.43. The Morgan fingerprint density at radius 1 is 1.31 bits per heavy atom. The summed E-state index contributed by atoms with van der Waals surface area (Å²) in [4.78, 5) is 41.6. The number of non-ortho nitro benzene ring substituents is 1. The molecule has 0 aliphatic carbocycles. The fourth-order valence-corrected chi connectivity index (χ4v) is 5.23. The molecule has 2 aromatic rings. The Bertz CT molecular complexity index is 967. The van der Waals surface area contributed by atoms with Crippen LogP contribution in [0.1, 0.15) is 35.1 Å². The summed E-state index contributed by atoms with van der Waals surface area (Å²) in [6, 6.07) is 5.96. The number of thioether (sulfide) groups is 1. The molecule has 0 radical (unpaired) electrons. The molecule has 1 aromatic carbocycles. The van der Waals surface area contributed by atoms with Gasteiger partial charge in [0, 0.05) is 18.1 Å². The minimum Gasteiger partial charge on any atom is -0.369 e. The van der Waals surface area contributed by atoms with E-state index in [4.69, 9.17) is 5.73 Å². The Hall–Kier alpha value is -2.79. The van der Waals surface area contributed by atoms with Gasteiger partial charge in [0.1, 0.15) is 11.1 Å². The predicted octanol–water partition coefficient (Wildman–Crippen LogP) is 1.55. The van der Waals surface area contributed by atoms with Gasteiger partial charge >= 0.3 is 0 Å². The van der Waals surface area contributed by atoms with Crippen molar-refractivity contribution in [2.75, 3.05) is 13.1 Å². The number of hydrogen-bond donors (Lipinski definition) is 1. The summed E-state index contributed by atoms with van der Waals surface area (Å²) < 4.78 is 1.33. The van der Waals surface area contributed by atoms with Crippen molar-refractivity contribution in [1.82, 2.24) is 19.7 Å². The number of benzene rings is 1. The Morgan fingerprint density at radius 2 is 1.97 bits per heavy atom. The summed E-state index contributed by atoms with van der Waals surface area (Å²) in [5, 5.41) is 15.3. The number of piperidine rings is 1. The molecule has 10 nitrogen and oxygen atoms in total. The molecular formula is C18H20N6O4S. The van der Waals surface area contributed by atoms with Crippen LogP contribution in [0.15, 0.2) is 29.4 Å². The number of fused-ring (bicyclic) bond motifs is 1. The first-order valence-corrected chi connectivity index (χ1v) is 10.2. The molecular weight excluding hydrogens is 396 g/mol. The van der Waals surface area contributed by atoms with Crippen LogP contribution in [0, 0.1) is 23.0 Å². The summed E-state index contributed by atoms with van der Waals surface area (Å²) in [6.07, 6.45) is 1.23. The average Bonchev–Trinajstić information content (AvgIpc) is 3.20. The number of nitrogens with zero attached hydrogens (tertiary/aromatic N) is 5. The van der Waals surface area contributed by atoms with Crippen molar-refractivity contribution in [3.63, 3.8) is 0 Å². The Kier molecular flexibility index (Phi) is 5.09. The molecule has 29 heavy (non-hydrogen) atoms. The van der Waals surface area contributed by atoms with Crippen LogP contribution in [0.2, 0.25) is 0 Å². The number of rotatable bonds is 5. The SMILES string of the molecule is Cc1nc2n(n1)C(=O)C(C(c1ccc([N+](=O)[O-])cc1)N1CCC(C(N)=O)CC1)S2. The number of carbonyl (C=O) groups excluding carboxylic acids is 2. The quantitative estimate of drug-likeness (QED) is 0.572. The number of hydrogen-bond acceptors (Lipinski definition) is 8. The van der Waals surface area contributed by atoms with Crippen LogP contribution in [0.5, 0.6) is 0 Å². The fraction of sp³-hybridized carbons (Fsp3) is 0.444. The number of amides is 1. The Labute approximate surface area is 170 Å². The lowest BCUT2D eigenvalue weighted by Crippen LogP contribution is -2.45. The third-order valence-corrected chi connectivity index (χ3v) is 6.61. The van der Waals surface area contributed by atoms with E-state index < -0.39 is 10.2 Å². The number of primary amides is 1. The van der Waals surface area contributed by atoms with Crippen molar-refractivity contribution in [3.8, 4) is 0 Å². The lowest BCUT2D eigenvalue weighted by molar-refractivity contribution is -0.384. The molecule has 1 aromatic heterocycles. The maximum absolute atomic E-state index is 13.0. The maximum atomic E-state index is 13.0. The molecule has 2 N–H and O–H groups in total. The van der Waals surface area contributed by atoms with Gasteiger partial charge in [-0.3, -0.25) is 24.6 Å². The number of nitro groups is 1. The monoisotopic (exact) mass is 416 g/mol. The zero-order valence-corrected chi connectivity index (χ0v) is 16.5. The molecule has 0 bridgehead atoms. The van der Waals surface area contributed by atoms with Gasteiger partial charge in [0.05, 0.1) is 11.0 Å². The summed E-state index contributed by atoms with van der Waals surface area (Å²) in [5.41, 5.74) is 6.25. The van der Waals surface area contributed by atoms with Crippen LogP contribution in [0.25, 0.3) is 0 Å². The van der Waals surface area contributed by atoms with Gasteiger partial charge < -0.3 is 5.73 Å². The summed E-state index contributed by atoms with van der Waals surface area (Å²) >= 11 is 1.35. The smallest absolute Gasteiger partial charge is 0.269 e. The maximum Gasteiger partial charge on any atom is 0.269 e. The van der Waals surface area contributed by atoms with Crippen LogP contribution in [-0.2, 0) is 4.79 Å². The van der Waals surface area contributed by atoms with Crippen LogP contribution >= 0.6 is 11.8 Å². The second-order valence-corrected chi connectivity index (χ2v) is 8.34. The number of aromatic nitrogens is 3. The van der Waals surface area contributed by atoms with Crippen LogP contribution in [-0.4, -0.2) is 54.7 Å². The average molecular weight is 416 g/mol. The van der Waals surface area contributed by atoms with E-state index in [0.29, 0.717) is 36.9 Å². The van der Waals surface area contributed by atoms with E-state index in [2.05, 4.69) is 15.0 Å². The lowest BCUT2D eigenvalue weighted by atomic mass is 9.92. The standard InChI is InChI=1S/C18H20N6O4S/c1-10-20-18-23(21-10)17(26)15(29-18)14(11-2-4-13(5-3-11)24(27)28)22-8-6-12(7-9-22)16(19)25/h2-5,12,14-15H,6-9H2,1H3,(H2,19,25). The Morgan fingerprint density at radius 3 is 2.52 bits per heavy atom. The number of carbonyl (C=O) groups is 2. The van der Waals surface area contributed by atoms with E-state index >= 15 is 0 Å². The minimum absolute atomic E-state index is 0.00411. The van der Waals surface area contributed by atoms with E-state index in [0.717, 1.165) is 5.56 Å². The van der Waals surface area contributed by atoms with Gasteiger partial charge in [0.15, 0.2) is 5.16 Å². The highest BCUT2D eigenvalue weighted by atomic mass is 32.2. The predicted molar refractivity (Wildman–Crippen MR) is 104 cm³/mol. The van der Waals surface area contributed by atoms with Crippen molar-refractivity contribution in [2.24, 2.45) is 11.7 Å². The van der Waals surface area contributed by atoms with E-state index in [-0.39, 0.29) is 29.5 Å². The first-order chi connectivity index (χ1) is 13.8. The highest BCUT2D eigenvalue weighted by molar-refractivity contribution is 8.00. The van der Waals surface area contributed by atoms with E-state index in [1.807, 2.05) is 0 Å². The fourth-order valence-electron chi connectivity index (χ4n) is 3.93.